The Kier molecular flexibility index (Phi) is 4.70. The Labute approximate surface area is 156 Å². The van der Waals surface area contributed by atoms with Crippen LogP contribution in [0.25, 0.3) is 10.6 Å². The molecule has 4 rings (SSSR count). The van der Waals surface area contributed by atoms with Gasteiger partial charge in [-0.1, -0.05) is 54.0 Å². The van der Waals surface area contributed by atoms with Crippen LogP contribution in [0.3, 0.4) is 0 Å². The largest absolute Gasteiger partial charge is 0.344 e. The van der Waals surface area contributed by atoms with Crippen molar-refractivity contribution in [2.75, 3.05) is 18.0 Å². The predicted molar refractivity (Wildman–Crippen MR) is 101 cm³/mol. The van der Waals surface area contributed by atoms with Crippen LogP contribution in [0.2, 0.25) is 5.02 Å². The fraction of sp³-hybridized carbons (Fsp3) is 0.500. The highest BCUT2D eigenvalue weighted by Gasteiger charge is 2.40. The van der Waals surface area contributed by atoms with E-state index in [2.05, 4.69) is 14.9 Å². The molecule has 134 valence electrons. The van der Waals surface area contributed by atoms with E-state index in [0.29, 0.717) is 18.1 Å². The number of anilines is 1. The molecule has 2 aromatic rings. The Morgan fingerprint density at radius 2 is 1.88 bits per heavy atom. The first-order valence-corrected chi connectivity index (χ1v) is 11.1. The van der Waals surface area contributed by atoms with E-state index >= 15 is 0 Å². The summed E-state index contributed by atoms with van der Waals surface area (Å²) in [6, 6.07) is 7.62. The summed E-state index contributed by atoms with van der Waals surface area (Å²) in [6.07, 6.45) is 4.12. The molecule has 6 nitrogen and oxygen atoms in total. The quantitative estimate of drug-likeness (QED) is 0.838. The van der Waals surface area contributed by atoms with Crippen LogP contribution in [0.5, 0.6) is 0 Å². The number of rotatable bonds is 5. The van der Waals surface area contributed by atoms with Gasteiger partial charge in [0, 0.05) is 24.7 Å². The van der Waals surface area contributed by atoms with Crippen LogP contribution in [0.15, 0.2) is 24.3 Å². The van der Waals surface area contributed by atoms with Gasteiger partial charge in [-0.05, 0) is 18.9 Å². The lowest BCUT2D eigenvalue weighted by Gasteiger charge is -2.38. The molecule has 1 aliphatic carbocycles. The Morgan fingerprint density at radius 1 is 1.16 bits per heavy atom. The SMILES string of the molecule is O=S(=O)(NC1CCCC1)C1CN(c2nnc(-c3ccccc3Cl)s2)C1. The van der Waals surface area contributed by atoms with Crippen molar-refractivity contribution < 1.29 is 8.42 Å². The summed E-state index contributed by atoms with van der Waals surface area (Å²) in [5.74, 6) is 0. The summed E-state index contributed by atoms with van der Waals surface area (Å²) in [4.78, 5) is 1.95. The Balaban J connectivity index is 1.40. The lowest BCUT2D eigenvalue weighted by molar-refractivity contribution is 0.510. The van der Waals surface area contributed by atoms with E-state index in [0.717, 1.165) is 41.4 Å². The molecule has 0 unspecified atom stereocenters. The normalized spacial score (nSPS) is 19.3. The summed E-state index contributed by atoms with van der Waals surface area (Å²) in [5, 5.41) is 10.1. The van der Waals surface area contributed by atoms with Crippen molar-refractivity contribution in [1.29, 1.82) is 0 Å². The van der Waals surface area contributed by atoms with Gasteiger partial charge in [0.15, 0.2) is 5.01 Å². The standard InChI is InChI=1S/C16H19ClN4O2S2/c17-14-8-4-3-7-13(14)15-18-19-16(24-15)21-9-12(10-21)25(22,23)20-11-5-1-2-6-11/h3-4,7-8,11-12,20H,1-2,5-6,9-10H2. The summed E-state index contributed by atoms with van der Waals surface area (Å²) in [7, 11) is -3.26. The molecule has 0 spiro atoms. The van der Waals surface area contributed by atoms with E-state index in [1.807, 2.05) is 29.2 Å². The highest BCUT2D eigenvalue weighted by molar-refractivity contribution is 7.90. The van der Waals surface area contributed by atoms with E-state index in [4.69, 9.17) is 11.6 Å². The number of nitrogens with one attached hydrogen (secondary N) is 1. The molecule has 2 fully saturated rings. The smallest absolute Gasteiger partial charge is 0.218 e. The second-order valence-electron chi connectivity index (χ2n) is 6.54. The maximum Gasteiger partial charge on any atom is 0.218 e. The summed E-state index contributed by atoms with van der Waals surface area (Å²) in [6.45, 7) is 0.915. The molecule has 0 amide bonds. The molecule has 1 saturated heterocycles. The van der Waals surface area contributed by atoms with Crippen molar-refractivity contribution in [2.45, 2.75) is 37.0 Å². The van der Waals surface area contributed by atoms with E-state index < -0.39 is 10.0 Å². The minimum Gasteiger partial charge on any atom is -0.344 e. The molecule has 1 aliphatic heterocycles. The third-order valence-corrected chi connectivity index (χ3v) is 7.95. The molecule has 25 heavy (non-hydrogen) atoms. The van der Waals surface area contributed by atoms with Crippen LogP contribution in [0.1, 0.15) is 25.7 Å². The molecule has 1 N–H and O–H groups in total. The third kappa shape index (κ3) is 3.53. The monoisotopic (exact) mass is 398 g/mol. The number of aromatic nitrogens is 2. The number of benzene rings is 1. The molecular formula is C16H19ClN4O2S2. The molecule has 2 aliphatic rings. The minimum atomic E-state index is -3.26. The van der Waals surface area contributed by atoms with E-state index in [-0.39, 0.29) is 11.3 Å². The molecule has 0 atom stereocenters. The van der Waals surface area contributed by atoms with Crippen molar-refractivity contribution in [3.8, 4) is 10.6 Å². The highest BCUT2D eigenvalue weighted by Crippen LogP contribution is 2.35. The number of hydrogen-bond acceptors (Lipinski definition) is 6. The maximum absolute atomic E-state index is 12.4. The second kappa shape index (κ2) is 6.83. The molecule has 0 radical (unpaired) electrons. The Morgan fingerprint density at radius 3 is 2.60 bits per heavy atom. The second-order valence-corrected chi connectivity index (χ2v) is 9.90. The first-order chi connectivity index (χ1) is 12.0. The first kappa shape index (κ1) is 17.2. The number of hydrogen-bond donors (Lipinski definition) is 1. The van der Waals surface area contributed by atoms with Gasteiger partial charge in [-0.2, -0.15) is 0 Å². The van der Waals surface area contributed by atoms with Gasteiger partial charge in [-0.15, -0.1) is 10.2 Å². The molecule has 1 aromatic heterocycles. The third-order valence-electron chi connectivity index (χ3n) is 4.76. The average Bonchev–Trinajstić information content (AvgIpc) is 3.17. The lowest BCUT2D eigenvalue weighted by Crippen LogP contribution is -2.58. The maximum atomic E-state index is 12.4. The van der Waals surface area contributed by atoms with Crippen LogP contribution in [0.4, 0.5) is 5.13 Å². The fourth-order valence-electron chi connectivity index (χ4n) is 3.25. The van der Waals surface area contributed by atoms with Gasteiger partial charge in [-0.3, -0.25) is 0 Å². The zero-order chi connectivity index (χ0) is 17.4. The number of halogens is 1. The highest BCUT2D eigenvalue weighted by atomic mass is 35.5. The summed E-state index contributed by atoms with van der Waals surface area (Å²) < 4.78 is 27.7. The summed E-state index contributed by atoms with van der Waals surface area (Å²) in [5.41, 5.74) is 0.848. The lowest BCUT2D eigenvalue weighted by atomic mass is 10.2. The van der Waals surface area contributed by atoms with Gasteiger partial charge in [0.25, 0.3) is 0 Å². The molecule has 1 aromatic carbocycles. The van der Waals surface area contributed by atoms with Crippen molar-refractivity contribution in [2.24, 2.45) is 0 Å². The van der Waals surface area contributed by atoms with Crippen LogP contribution < -0.4 is 9.62 Å². The van der Waals surface area contributed by atoms with Crippen molar-refractivity contribution in [3.05, 3.63) is 29.3 Å². The Bertz CT molecular complexity index is 859. The molecule has 9 heteroatoms. The molecule has 2 heterocycles. The van der Waals surface area contributed by atoms with Gasteiger partial charge >= 0.3 is 0 Å². The topological polar surface area (TPSA) is 75.2 Å². The molecule has 0 bridgehead atoms. The number of nitrogens with zero attached hydrogens (tertiary/aromatic N) is 3. The van der Waals surface area contributed by atoms with E-state index in [1.165, 1.54) is 11.3 Å². The fourth-order valence-corrected chi connectivity index (χ4v) is 6.08. The summed E-state index contributed by atoms with van der Waals surface area (Å²) >= 11 is 7.63. The van der Waals surface area contributed by atoms with Gasteiger partial charge in [0.2, 0.25) is 15.2 Å². The van der Waals surface area contributed by atoms with E-state index in [9.17, 15) is 8.42 Å². The minimum absolute atomic E-state index is 0.118. The van der Waals surface area contributed by atoms with Crippen LogP contribution >= 0.6 is 22.9 Å². The van der Waals surface area contributed by atoms with Gasteiger partial charge in [0.05, 0.1) is 5.02 Å². The average molecular weight is 399 g/mol. The Hall–Kier alpha value is -1.22. The molecular weight excluding hydrogens is 380 g/mol. The zero-order valence-electron chi connectivity index (χ0n) is 13.6. The van der Waals surface area contributed by atoms with Crippen LogP contribution in [0, 0.1) is 0 Å². The molecule has 1 saturated carbocycles. The van der Waals surface area contributed by atoms with Gasteiger partial charge in [0.1, 0.15) is 5.25 Å². The van der Waals surface area contributed by atoms with Crippen molar-refractivity contribution in [1.82, 2.24) is 14.9 Å². The van der Waals surface area contributed by atoms with Crippen molar-refractivity contribution >= 4 is 38.1 Å². The van der Waals surface area contributed by atoms with Gasteiger partial charge in [-0.25, -0.2) is 13.1 Å². The zero-order valence-corrected chi connectivity index (χ0v) is 15.9. The van der Waals surface area contributed by atoms with Crippen LogP contribution in [-0.4, -0.2) is 43.0 Å². The predicted octanol–water partition coefficient (Wildman–Crippen LogP) is 2.91. The van der Waals surface area contributed by atoms with Crippen molar-refractivity contribution in [3.63, 3.8) is 0 Å². The van der Waals surface area contributed by atoms with Gasteiger partial charge < -0.3 is 4.90 Å². The van der Waals surface area contributed by atoms with E-state index in [1.54, 1.807) is 0 Å². The first-order valence-electron chi connectivity index (χ1n) is 8.37. The van der Waals surface area contributed by atoms with Crippen LogP contribution in [-0.2, 0) is 10.0 Å². The number of sulfonamides is 1.